The van der Waals surface area contributed by atoms with Gasteiger partial charge in [0.1, 0.15) is 6.26 Å². The lowest BCUT2D eigenvalue weighted by Crippen LogP contribution is -2.35. The lowest BCUT2D eigenvalue weighted by molar-refractivity contribution is -0.137. The van der Waals surface area contributed by atoms with Crippen LogP contribution in [0, 0.1) is 5.92 Å². The second-order valence-electron chi connectivity index (χ2n) is 6.33. The molecule has 2 heterocycles. The highest BCUT2D eigenvalue weighted by molar-refractivity contribution is 9.10. The molecule has 1 aliphatic heterocycles. The molecule has 1 fully saturated rings. The van der Waals surface area contributed by atoms with E-state index in [4.69, 9.17) is 9.52 Å². The highest BCUT2D eigenvalue weighted by Crippen LogP contribution is 2.24. The summed E-state index contributed by atoms with van der Waals surface area (Å²) >= 11 is 3.42. The van der Waals surface area contributed by atoms with Gasteiger partial charge in [-0.3, -0.25) is 9.69 Å². The van der Waals surface area contributed by atoms with Crippen LogP contribution in [0.2, 0.25) is 0 Å². The summed E-state index contributed by atoms with van der Waals surface area (Å²) in [6.45, 7) is 2.72. The Labute approximate surface area is 149 Å². The topological polar surface area (TPSA) is 66.6 Å². The minimum absolute atomic E-state index is 0.260. The van der Waals surface area contributed by atoms with E-state index in [0.717, 1.165) is 54.6 Å². The average molecular weight is 393 g/mol. The lowest BCUT2D eigenvalue weighted by Gasteiger charge is -2.31. The SMILES string of the molecule is O=C(O)CCC1CCCN(Cc2coc(-c3ccc(Br)cc3)n2)C1. The molecule has 6 heteroatoms. The fraction of sp³-hybridized carbons (Fsp3) is 0.444. The monoisotopic (exact) mass is 392 g/mol. The van der Waals surface area contributed by atoms with Crippen molar-refractivity contribution < 1.29 is 14.3 Å². The van der Waals surface area contributed by atoms with Gasteiger partial charge in [-0.05, 0) is 56.0 Å². The summed E-state index contributed by atoms with van der Waals surface area (Å²) in [6.07, 6.45) is 4.97. The Kier molecular flexibility index (Phi) is 5.68. The number of carbonyl (C=O) groups is 1. The van der Waals surface area contributed by atoms with Crippen molar-refractivity contribution in [3.63, 3.8) is 0 Å². The van der Waals surface area contributed by atoms with Gasteiger partial charge in [-0.2, -0.15) is 0 Å². The number of hydrogen-bond donors (Lipinski definition) is 1. The number of rotatable bonds is 6. The molecule has 3 rings (SSSR count). The Morgan fingerprint density at radius 1 is 1.38 bits per heavy atom. The molecule has 0 aliphatic carbocycles. The molecule has 0 radical (unpaired) electrons. The fourth-order valence-electron chi connectivity index (χ4n) is 3.19. The van der Waals surface area contributed by atoms with Crippen LogP contribution in [0.4, 0.5) is 0 Å². The number of oxazole rings is 1. The Bertz CT molecular complexity index is 684. The number of nitrogens with zero attached hydrogens (tertiary/aromatic N) is 2. The van der Waals surface area contributed by atoms with E-state index in [0.29, 0.717) is 11.8 Å². The zero-order chi connectivity index (χ0) is 16.9. The minimum Gasteiger partial charge on any atom is -0.481 e. The zero-order valence-electron chi connectivity index (χ0n) is 13.4. The Morgan fingerprint density at radius 2 is 2.17 bits per heavy atom. The van der Waals surface area contributed by atoms with Crippen molar-refractivity contribution in [2.45, 2.75) is 32.2 Å². The summed E-state index contributed by atoms with van der Waals surface area (Å²) in [6, 6.07) is 7.89. The number of hydrogen-bond acceptors (Lipinski definition) is 4. The minimum atomic E-state index is -0.706. The van der Waals surface area contributed by atoms with Crippen molar-refractivity contribution in [3.8, 4) is 11.5 Å². The van der Waals surface area contributed by atoms with Crippen LogP contribution < -0.4 is 0 Å². The van der Waals surface area contributed by atoms with Crippen LogP contribution in [-0.2, 0) is 11.3 Å². The maximum atomic E-state index is 10.7. The van der Waals surface area contributed by atoms with E-state index in [-0.39, 0.29) is 6.42 Å². The van der Waals surface area contributed by atoms with Gasteiger partial charge in [-0.15, -0.1) is 0 Å². The van der Waals surface area contributed by atoms with Crippen LogP contribution in [0.25, 0.3) is 11.5 Å². The van der Waals surface area contributed by atoms with Gasteiger partial charge in [0.25, 0.3) is 0 Å². The summed E-state index contributed by atoms with van der Waals surface area (Å²) < 4.78 is 6.63. The van der Waals surface area contributed by atoms with Crippen molar-refractivity contribution in [2.75, 3.05) is 13.1 Å². The maximum absolute atomic E-state index is 10.7. The van der Waals surface area contributed by atoms with E-state index in [9.17, 15) is 4.79 Å². The molecule has 1 aromatic heterocycles. The third kappa shape index (κ3) is 4.68. The van der Waals surface area contributed by atoms with Gasteiger partial charge in [0.05, 0.1) is 5.69 Å². The number of benzene rings is 1. The molecule has 0 saturated carbocycles. The molecule has 5 nitrogen and oxygen atoms in total. The van der Waals surface area contributed by atoms with Crippen molar-refractivity contribution in [2.24, 2.45) is 5.92 Å². The molecule has 1 saturated heterocycles. The number of carboxylic acid groups (broad SMARTS) is 1. The first-order chi connectivity index (χ1) is 11.6. The second kappa shape index (κ2) is 7.94. The normalized spacial score (nSPS) is 18.6. The first kappa shape index (κ1) is 17.2. The van der Waals surface area contributed by atoms with Gasteiger partial charge in [0, 0.05) is 29.5 Å². The van der Waals surface area contributed by atoms with Crippen LogP contribution in [0.1, 0.15) is 31.4 Å². The van der Waals surface area contributed by atoms with Gasteiger partial charge < -0.3 is 9.52 Å². The summed E-state index contributed by atoms with van der Waals surface area (Å²) in [5, 5.41) is 8.83. The van der Waals surface area contributed by atoms with E-state index in [1.165, 1.54) is 0 Å². The standard InChI is InChI=1S/C18H21BrN2O3/c19-15-6-4-14(5-7-15)18-20-16(12-24-18)11-21-9-1-2-13(10-21)3-8-17(22)23/h4-7,12-13H,1-3,8-11H2,(H,22,23). The first-order valence-electron chi connectivity index (χ1n) is 8.24. The third-order valence-corrected chi connectivity index (χ3v) is 4.93. The van der Waals surface area contributed by atoms with Gasteiger partial charge in [-0.25, -0.2) is 4.98 Å². The third-order valence-electron chi connectivity index (χ3n) is 4.40. The molecular formula is C18H21BrN2O3. The summed E-state index contributed by atoms with van der Waals surface area (Å²) in [7, 11) is 0. The molecule has 2 aromatic rings. The average Bonchev–Trinajstić information content (AvgIpc) is 3.02. The van der Waals surface area contributed by atoms with Crippen LogP contribution >= 0.6 is 15.9 Å². The highest BCUT2D eigenvalue weighted by Gasteiger charge is 2.21. The zero-order valence-corrected chi connectivity index (χ0v) is 15.0. The molecule has 128 valence electrons. The van der Waals surface area contributed by atoms with Crippen molar-refractivity contribution in [3.05, 3.63) is 40.7 Å². The van der Waals surface area contributed by atoms with E-state index in [2.05, 4.69) is 25.8 Å². The number of piperidine rings is 1. The maximum Gasteiger partial charge on any atom is 0.303 e. The predicted molar refractivity (Wildman–Crippen MR) is 94.5 cm³/mol. The summed E-state index contributed by atoms with van der Waals surface area (Å²) in [4.78, 5) is 17.7. The Balaban J connectivity index is 1.58. The molecule has 1 unspecified atom stereocenters. The van der Waals surface area contributed by atoms with Gasteiger partial charge in [0.15, 0.2) is 0 Å². The van der Waals surface area contributed by atoms with Gasteiger partial charge >= 0.3 is 5.97 Å². The van der Waals surface area contributed by atoms with Crippen molar-refractivity contribution >= 4 is 21.9 Å². The van der Waals surface area contributed by atoms with E-state index in [1.54, 1.807) is 6.26 Å². The second-order valence-corrected chi connectivity index (χ2v) is 7.24. The molecule has 0 bridgehead atoms. The van der Waals surface area contributed by atoms with Crippen LogP contribution in [0.5, 0.6) is 0 Å². The number of aliphatic carboxylic acids is 1. The fourth-order valence-corrected chi connectivity index (χ4v) is 3.46. The number of halogens is 1. The van der Waals surface area contributed by atoms with Crippen molar-refractivity contribution in [1.29, 1.82) is 0 Å². The molecule has 1 N–H and O–H groups in total. The highest BCUT2D eigenvalue weighted by atomic mass is 79.9. The van der Waals surface area contributed by atoms with E-state index in [1.807, 2.05) is 24.3 Å². The lowest BCUT2D eigenvalue weighted by atomic mass is 9.93. The quantitative estimate of drug-likeness (QED) is 0.798. The van der Waals surface area contributed by atoms with Crippen molar-refractivity contribution in [1.82, 2.24) is 9.88 Å². The van der Waals surface area contributed by atoms with E-state index < -0.39 is 5.97 Å². The predicted octanol–water partition coefficient (Wildman–Crippen LogP) is 4.18. The molecule has 1 aromatic carbocycles. The Hall–Kier alpha value is -1.66. The summed E-state index contributed by atoms with van der Waals surface area (Å²) in [5.74, 6) is 0.396. The number of aromatic nitrogens is 1. The largest absolute Gasteiger partial charge is 0.481 e. The molecule has 0 spiro atoms. The summed E-state index contributed by atoms with van der Waals surface area (Å²) in [5.41, 5.74) is 1.88. The first-order valence-corrected chi connectivity index (χ1v) is 9.04. The number of likely N-dealkylation sites (tertiary alicyclic amines) is 1. The molecule has 24 heavy (non-hydrogen) atoms. The molecule has 1 aliphatic rings. The molecular weight excluding hydrogens is 372 g/mol. The number of carboxylic acids is 1. The van der Waals surface area contributed by atoms with Gasteiger partial charge in [0.2, 0.25) is 5.89 Å². The van der Waals surface area contributed by atoms with Crippen LogP contribution in [0.3, 0.4) is 0 Å². The van der Waals surface area contributed by atoms with Crippen LogP contribution in [0.15, 0.2) is 39.4 Å². The Morgan fingerprint density at radius 3 is 2.92 bits per heavy atom. The molecule has 0 amide bonds. The van der Waals surface area contributed by atoms with E-state index >= 15 is 0 Å². The smallest absolute Gasteiger partial charge is 0.303 e. The van der Waals surface area contributed by atoms with Gasteiger partial charge in [-0.1, -0.05) is 15.9 Å². The van der Waals surface area contributed by atoms with Crippen LogP contribution in [-0.4, -0.2) is 34.0 Å². The molecule has 1 atom stereocenters.